The average Bonchev–Trinajstić information content (AvgIpc) is 2.97. The third kappa shape index (κ3) is 7.02. The summed E-state index contributed by atoms with van der Waals surface area (Å²) in [6.45, 7) is 2.15. The first-order valence-corrected chi connectivity index (χ1v) is 12.1. The van der Waals surface area contributed by atoms with E-state index in [9.17, 15) is 24.9 Å². The van der Waals surface area contributed by atoms with Crippen LogP contribution in [0.5, 0.6) is 5.75 Å². The summed E-state index contributed by atoms with van der Waals surface area (Å²) in [6.07, 6.45) is 2.53. The van der Waals surface area contributed by atoms with Crippen molar-refractivity contribution in [1.82, 2.24) is 0 Å². The fourth-order valence-electron chi connectivity index (χ4n) is 4.62. The van der Waals surface area contributed by atoms with E-state index >= 15 is 0 Å². The van der Waals surface area contributed by atoms with Crippen LogP contribution in [0.25, 0.3) is 0 Å². The third-order valence-electron chi connectivity index (χ3n) is 6.51. The largest absolute Gasteiger partial charge is 0.489 e. The van der Waals surface area contributed by atoms with Gasteiger partial charge in [0.25, 0.3) is 0 Å². The number of aliphatic hydroxyl groups excluding tert-OH is 2. The molecule has 1 saturated carbocycles. The summed E-state index contributed by atoms with van der Waals surface area (Å²) in [5.74, 6) is -1.37. The van der Waals surface area contributed by atoms with Gasteiger partial charge < -0.3 is 29.5 Å². The second kappa shape index (κ2) is 12.7. The number of carbonyl (C=O) groups is 2. The second-order valence-corrected chi connectivity index (χ2v) is 9.33. The number of benzene rings is 1. The average molecular weight is 497 g/mol. The lowest BCUT2D eigenvalue weighted by Crippen LogP contribution is -2.34. The molecule has 1 saturated heterocycles. The van der Waals surface area contributed by atoms with Crippen LogP contribution >= 0.6 is 11.6 Å². The number of para-hydroxylation sites is 1. The van der Waals surface area contributed by atoms with Crippen molar-refractivity contribution in [3.63, 3.8) is 0 Å². The van der Waals surface area contributed by atoms with Crippen molar-refractivity contribution >= 4 is 23.4 Å². The lowest BCUT2D eigenvalue weighted by atomic mass is 9.87. The molecule has 188 valence electrons. The molecule has 34 heavy (non-hydrogen) atoms. The molecule has 0 spiro atoms. The number of hydrogen-bond donors (Lipinski definition) is 3. The first-order chi connectivity index (χ1) is 16.3. The normalized spacial score (nSPS) is 28.8. The quantitative estimate of drug-likeness (QED) is 0.316. The maximum absolute atomic E-state index is 11.8. The number of carbonyl (C=O) groups excluding carboxylic acids is 1. The number of hydrogen-bond acceptors (Lipinski definition) is 7. The predicted molar refractivity (Wildman–Crippen MR) is 125 cm³/mol. The Hall–Kier alpha value is -1.97. The monoisotopic (exact) mass is 496 g/mol. The van der Waals surface area contributed by atoms with Crippen molar-refractivity contribution in [3.05, 3.63) is 41.4 Å². The minimum Gasteiger partial charge on any atom is -0.489 e. The van der Waals surface area contributed by atoms with Crippen molar-refractivity contribution in [3.8, 4) is 5.75 Å². The van der Waals surface area contributed by atoms with Crippen molar-refractivity contribution in [2.75, 3.05) is 19.8 Å². The van der Waals surface area contributed by atoms with Gasteiger partial charge in [-0.3, -0.25) is 4.79 Å². The lowest BCUT2D eigenvalue weighted by molar-refractivity contribution is -0.157. The van der Waals surface area contributed by atoms with Crippen LogP contribution in [0.2, 0.25) is 5.02 Å². The van der Waals surface area contributed by atoms with Gasteiger partial charge in [-0.15, -0.1) is 0 Å². The number of fused-ring (bicyclic) bond motifs is 1. The third-order valence-corrected chi connectivity index (χ3v) is 6.82. The van der Waals surface area contributed by atoms with Gasteiger partial charge in [0.15, 0.2) is 5.78 Å². The van der Waals surface area contributed by atoms with Gasteiger partial charge >= 0.3 is 5.97 Å². The number of Topliss-reactive ketones (excluding diaryl/α,β-unsaturated/α-hetero) is 1. The molecule has 2 aliphatic rings. The highest BCUT2D eigenvalue weighted by Gasteiger charge is 2.43. The number of ketones is 1. The fraction of sp³-hybridized carbons (Fsp3) is 0.600. The molecule has 1 aromatic carbocycles. The summed E-state index contributed by atoms with van der Waals surface area (Å²) in [7, 11) is 0. The Kier molecular flexibility index (Phi) is 9.91. The standard InChI is InChI=1S/C25H33ClO8/c1-2-20(28)24(25(30)31)34-13-15-7-9-18-17(21(29)11-23(18)32-12-15)10-8-16(27)14-33-22-6-4-3-5-19(22)26/h3-6,8,10,15-18,21,23-24,27,29H,2,7,9,11-14H2,1H3,(H,30,31)/b10-8+/t15-,16-,17-,18-,21-,23+,24?/m1/s1. The van der Waals surface area contributed by atoms with Gasteiger partial charge in [-0.2, -0.15) is 0 Å². The van der Waals surface area contributed by atoms with E-state index in [1.165, 1.54) is 0 Å². The highest BCUT2D eigenvalue weighted by atomic mass is 35.5. The minimum absolute atomic E-state index is 0.0338. The molecule has 1 aliphatic heterocycles. The molecule has 1 aliphatic carbocycles. The zero-order valence-electron chi connectivity index (χ0n) is 19.2. The van der Waals surface area contributed by atoms with Crippen molar-refractivity contribution in [2.45, 2.75) is 57.0 Å². The Bertz CT molecular complexity index is 859. The number of carboxylic acids is 1. The highest BCUT2D eigenvalue weighted by Crippen LogP contribution is 2.41. The van der Waals surface area contributed by atoms with Gasteiger partial charge in [-0.25, -0.2) is 4.79 Å². The topological polar surface area (TPSA) is 123 Å². The molecule has 0 amide bonds. The van der Waals surface area contributed by atoms with Crippen LogP contribution in [0, 0.1) is 17.8 Å². The number of aliphatic hydroxyl groups is 2. The van der Waals surface area contributed by atoms with E-state index in [0.29, 0.717) is 23.8 Å². The van der Waals surface area contributed by atoms with E-state index in [1.54, 1.807) is 37.3 Å². The van der Waals surface area contributed by atoms with Gasteiger partial charge in [-0.05, 0) is 30.9 Å². The summed E-state index contributed by atoms with van der Waals surface area (Å²) >= 11 is 6.06. The van der Waals surface area contributed by atoms with E-state index < -0.39 is 30.1 Å². The van der Waals surface area contributed by atoms with Crippen molar-refractivity contribution in [1.29, 1.82) is 0 Å². The molecule has 8 nitrogen and oxygen atoms in total. The molecule has 2 fully saturated rings. The molecule has 1 heterocycles. The molecule has 0 aromatic heterocycles. The number of ether oxygens (including phenoxy) is 3. The molecule has 3 N–H and O–H groups in total. The van der Waals surface area contributed by atoms with Crippen molar-refractivity contribution in [2.24, 2.45) is 17.8 Å². The Morgan fingerprint density at radius 2 is 2.06 bits per heavy atom. The maximum Gasteiger partial charge on any atom is 0.340 e. The van der Waals surface area contributed by atoms with Crippen LogP contribution in [0.15, 0.2) is 36.4 Å². The number of rotatable bonds is 11. The lowest BCUT2D eigenvalue weighted by Gasteiger charge is -2.21. The first-order valence-electron chi connectivity index (χ1n) is 11.7. The van der Waals surface area contributed by atoms with E-state index in [4.69, 9.17) is 25.8 Å². The summed E-state index contributed by atoms with van der Waals surface area (Å²) in [5, 5.41) is 30.6. The molecular weight excluding hydrogens is 464 g/mol. The van der Waals surface area contributed by atoms with Gasteiger partial charge in [-0.1, -0.05) is 42.8 Å². The summed E-state index contributed by atoms with van der Waals surface area (Å²) in [6, 6.07) is 7.03. The van der Waals surface area contributed by atoms with Gasteiger partial charge in [0.05, 0.1) is 30.4 Å². The molecule has 3 rings (SSSR count). The van der Waals surface area contributed by atoms with E-state index in [0.717, 1.165) is 12.8 Å². The maximum atomic E-state index is 11.8. The summed E-state index contributed by atoms with van der Waals surface area (Å²) in [4.78, 5) is 23.1. The van der Waals surface area contributed by atoms with E-state index in [-0.39, 0.29) is 43.5 Å². The first kappa shape index (κ1) is 26.6. The van der Waals surface area contributed by atoms with Crippen LogP contribution in [-0.4, -0.2) is 71.3 Å². The van der Waals surface area contributed by atoms with Crippen molar-refractivity contribution < 1.29 is 39.1 Å². The zero-order chi connectivity index (χ0) is 24.7. The number of aliphatic carboxylic acids is 1. The molecular formula is C25H33ClO8. The Morgan fingerprint density at radius 1 is 1.29 bits per heavy atom. The van der Waals surface area contributed by atoms with Gasteiger partial charge in [0.1, 0.15) is 18.5 Å². The molecule has 0 radical (unpaired) electrons. The number of carboxylic acid groups (broad SMARTS) is 1. The molecule has 1 aromatic rings. The van der Waals surface area contributed by atoms with Crippen LogP contribution in [-0.2, 0) is 19.1 Å². The van der Waals surface area contributed by atoms with E-state index in [1.807, 2.05) is 6.08 Å². The summed E-state index contributed by atoms with van der Waals surface area (Å²) < 4.78 is 17.0. The SMILES string of the molecule is CCC(=O)C(OC[C@@H]1CC[C@@H]2[C@@H](/C=C/[C@@H](O)COc3ccccc3Cl)[C@H](O)C[C@@H]2OC1)C(=O)O. The predicted octanol–water partition coefficient (Wildman–Crippen LogP) is 2.88. The molecule has 9 heteroatoms. The highest BCUT2D eigenvalue weighted by molar-refractivity contribution is 6.32. The smallest absolute Gasteiger partial charge is 0.340 e. The Labute approximate surface area is 204 Å². The van der Waals surface area contributed by atoms with Gasteiger partial charge in [0, 0.05) is 24.7 Å². The zero-order valence-corrected chi connectivity index (χ0v) is 20.0. The van der Waals surface area contributed by atoms with Crippen LogP contribution in [0.4, 0.5) is 0 Å². The van der Waals surface area contributed by atoms with Gasteiger partial charge in [0.2, 0.25) is 6.10 Å². The second-order valence-electron chi connectivity index (χ2n) is 8.92. The Morgan fingerprint density at radius 3 is 2.76 bits per heavy atom. The molecule has 7 atom stereocenters. The molecule has 1 unspecified atom stereocenters. The Balaban J connectivity index is 1.52. The minimum atomic E-state index is -1.44. The fourth-order valence-corrected chi connectivity index (χ4v) is 4.81. The van der Waals surface area contributed by atoms with Crippen LogP contribution in [0.3, 0.4) is 0 Å². The van der Waals surface area contributed by atoms with Crippen LogP contribution < -0.4 is 4.74 Å². The molecule has 0 bridgehead atoms. The van der Waals surface area contributed by atoms with Crippen LogP contribution in [0.1, 0.15) is 32.6 Å². The van der Waals surface area contributed by atoms with E-state index in [2.05, 4.69) is 0 Å². The summed E-state index contributed by atoms with van der Waals surface area (Å²) in [5.41, 5.74) is 0. The number of halogens is 1.